The Bertz CT molecular complexity index is 1660. The first-order chi connectivity index (χ1) is 17.9. The highest BCUT2D eigenvalue weighted by Gasteiger charge is 2.34. The first kappa shape index (κ1) is 23.4. The Morgan fingerprint density at radius 2 is 1.65 bits per heavy atom. The Morgan fingerprint density at radius 3 is 2.43 bits per heavy atom. The number of ether oxygens (including phenoxy) is 1. The molecular weight excluding hydrogens is 459 g/mol. The van der Waals surface area contributed by atoms with Crippen molar-refractivity contribution in [2.24, 2.45) is 5.92 Å². The van der Waals surface area contributed by atoms with Crippen molar-refractivity contribution in [1.82, 2.24) is 0 Å². The number of hydrogen-bond donors (Lipinski definition) is 0. The van der Waals surface area contributed by atoms with E-state index in [9.17, 15) is 9.18 Å². The number of rotatable bonds is 4. The van der Waals surface area contributed by atoms with Crippen LogP contribution in [0.15, 0.2) is 78.9 Å². The van der Waals surface area contributed by atoms with Crippen LogP contribution in [0, 0.1) is 11.7 Å². The van der Waals surface area contributed by atoms with Gasteiger partial charge in [-0.3, -0.25) is 4.79 Å². The number of benzene rings is 4. The lowest BCUT2D eigenvalue weighted by Crippen LogP contribution is -2.43. The molecule has 184 valence electrons. The Hall–Kier alpha value is -3.98. The summed E-state index contributed by atoms with van der Waals surface area (Å²) in [7, 11) is 1.70. The van der Waals surface area contributed by atoms with E-state index in [2.05, 4.69) is 62.4 Å². The van der Waals surface area contributed by atoms with Gasteiger partial charge in [-0.2, -0.15) is 0 Å². The Morgan fingerprint density at radius 1 is 0.892 bits per heavy atom. The molecule has 0 heterocycles. The Labute approximate surface area is 216 Å². The van der Waals surface area contributed by atoms with Crippen molar-refractivity contribution in [2.75, 3.05) is 7.11 Å². The van der Waals surface area contributed by atoms with Crippen molar-refractivity contribution in [3.05, 3.63) is 112 Å². The molecule has 6 rings (SSSR count). The quantitative estimate of drug-likeness (QED) is 0.308. The SMILES string of the molecule is COc1ccccc1-c1ccc2c(c1)CC=c1c-2ccc2c1=CC(C(=O)c1ccc(F)cc1)CC2(C)C. The average molecular weight is 489 g/mol. The van der Waals surface area contributed by atoms with Gasteiger partial charge in [0.1, 0.15) is 11.6 Å². The van der Waals surface area contributed by atoms with Gasteiger partial charge in [-0.05, 0) is 86.8 Å². The van der Waals surface area contributed by atoms with Gasteiger partial charge in [-0.25, -0.2) is 4.39 Å². The normalized spacial score (nSPS) is 16.9. The molecule has 2 nitrogen and oxygen atoms in total. The molecule has 4 aromatic carbocycles. The third-order valence-corrected chi connectivity index (χ3v) is 7.92. The van der Waals surface area contributed by atoms with Crippen molar-refractivity contribution < 1.29 is 13.9 Å². The maximum atomic E-state index is 13.5. The van der Waals surface area contributed by atoms with Gasteiger partial charge in [-0.15, -0.1) is 0 Å². The molecule has 1 atom stereocenters. The van der Waals surface area contributed by atoms with Crippen LogP contribution in [0.1, 0.15) is 41.8 Å². The molecule has 37 heavy (non-hydrogen) atoms. The van der Waals surface area contributed by atoms with Gasteiger partial charge in [-0.1, -0.05) is 74.5 Å². The number of Topliss-reactive ketones (excluding diaryl/α,β-unsaturated/α-hetero) is 1. The lowest BCUT2D eigenvalue weighted by molar-refractivity contribution is 0.0933. The number of carbonyl (C=O) groups is 1. The highest BCUT2D eigenvalue weighted by atomic mass is 19.1. The summed E-state index contributed by atoms with van der Waals surface area (Å²) < 4.78 is 19.0. The van der Waals surface area contributed by atoms with Crippen molar-refractivity contribution in [1.29, 1.82) is 0 Å². The maximum Gasteiger partial charge on any atom is 0.169 e. The van der Waals surface area contributed by atoms with Crippen LogP contribution in [0.2, 0.25) is 0 Å². The van der Waals surface area contributed by atoms with E-state index in [1.54, 1.807) is 19.2 Å². The first-order valence-electron chi connectivity index (χ1n) is 12.8. The fraction of sp³-hybridized carbons (Fsp3) is 0.206. The molecule has 0 radical (unpaired) electrons. The van der Waals surface area contributed by atoms with Crippen molar-refractivity contribution >= 4 is 17.9 Å². The lowest BCUT2D eigenvalue weighted by atomic mass is 9.69. The van der Waals surface area contributed by atoms with Crippen molar-refractivity contribution in [3.63, 3.8) is 0 Å². The zero-order valence-corrected chi connectivity index (χ0v) is 21.3. The lowest BCUT2D eigenvalue weighted by Gasteiger charge is -2.34. The number of ketones is 1. The molecule has 4 aromatic rings. The Kier molecular flexibility index (Phi) is 5.60. The van der Waals surface area contributed by atoms with Crippen LogP contribution in [-0.2, 0) is 11.8 Å². The molecule has 0 aromatic heterocycles. The minimum atomic E-state index is -0.328. The van der Waals surface area contributed by atoms with Gasteiger partial charge in [0.2, 0.25) is 0 Å². The van der Waals surface area contributed by atoms with Gasteiger partial charge in [0.15, 0.2) is 5.78 Å². The van der Waals surface area contributed by atoms with Gasteiger partial charge in [0.05, 0.1) is 7.11 Å². The predicted molar refractivity (Wildman–Crippen MR) is 148 cm³/mol. The van der Waals surface area contributed by atoms with E-state index in [1.165, 1.54) is 39.6 Å². The van der Waals surface area contributed by atoms with Gasteiger partial charge in [0, 0.05) is 17.0 Å². The predicted octanol–water partition coefficient (Wildman–Crippen LogP) is 6.47. The first-order valence-corrected chi connectivity index (χ1v) is 12.8. The van der Waals surface area contributed by atoms with Crippen molar-refractivity contribution in [3.8, 4) is 28.0 Å². The summed E-state index contributed by atoms with van der Waals surface area (Å²) in [6.45, 7) is 4.43. The van der Waals surface area contributed by atoms with Gasteiger partial charge >= 0.3 is 0 Å². The summed E-state index contributed by atoms with van der Waals surface area (Å²) >= 11 is 0. The summed E-state index contributed by atoms with van der Waals surface area (Å²) in [4.78, 5) is 13.4. The summed E-state index contributed by atoms with van der Waals surface area (Å²) in [5, 5.41) is 2.37. The molecule has 1 unspecified atom stereocenters. The zero-order chi connectivity index (χ0) is 25.7. The zero-order valence-electron chi connectivity index (χ0n) is 21.3. The highest BCUT2D eigenvalue weighted by Crippen LogP contribution is 2.37. The molecule has 2 aliphatic rings. The van der Waals surface area contributed by atoms with E-state index in [-0.39, 0.29) is 22.9 Å². The molecule has 0 spiro atoms. The topological polar surface area (TPSA) is 26.3 Å². The third kappa shape index (κ3) is 3.99. The minimum absolute atomic E-state index is 0.0500. The van der Waals surface area contributed by atoms with Crippen LogP contribution in [0.25, 0.3) is 34.4 Å². The summed E-state index contributed by atoms with van der Waals surface area (Å²) in [5.41, 5.74) is 7.63. The summed E-state index contributed by atoms with van der Waals surface area (Å²) in [6.07, 6.45) is 6.01. The minimum Gasteiger partial charge on any atom is -0.496 e. The molecule has 0 amide bonds. The second-order valence-electron chi connectivity index (χ2n) is 10.7. The Balaban J connectivity index is 1.46. The monoisotopic (exact) mass is 488 g/mol. The van der Waals surface area contributed by atoms with Crippen LogP contribution < -0.4 is 15.2 Å². The number of fused-ring (bicyclic) bond motifs is 5. The van der Waals surface area contributed by atoms with Crippen molar-refractivity contribution in [2.45, 2.75) is 32.1 Å². The van der Waals surface area contributed by atoms with Crippen LogP contribution in [0.3, 0.4) is 0 Å². The number of halogens is 1. The van der Waals surface area contributed by atoms with E-state index in [4.69, 9.17) is 4.74 Å². The second kappa shape index (κ2) is 8.85. The van der Waals surface area contributed by atoms with Crippen LogP contribution in [0.4, 0.5) is 4.39 Å². The molecule has 0 fully saturated rings. The molecular formula is C34H29FO2. The van der Waals surface area contributed by atoms with E-state index >= 15 is 0 Å². The maximum absolute atomic E-state index is 13.5. The van der Waals surface area contributed by atoms with Crippen LogP contribution in [0.5, 0.6) is 5.75 Å². The molecule has 0 saturated carbocycles. The fourth-order valence-corrected chi connectivity index (χ4v) is 6.07. The number of methoxy groups -OCH3 is 1. The van der Waals surface area contributed by atoms with E-state index in [0.29, 0.717) is 5.56 Å². The van der Waals surface area contributed by atoms with E-state index < -0.39 is 0 Å². The van der Waals surface area contributed by atoms with E-state index in [1.807, 2.05) is 18.2 Å². The molecule has 0 N–H and O–H groups in total. The number of carbonyl (C=O) groups excluding carboxylic acids is 1. The van der Waals surface area contributed by atoms with Crippen LogP contribution in [-0.4, -0.2) is 12.9 Å². The number of hydrogen-bond acceptors (Lipinski definition) is 2. The molecule has 0 aliphatic heterocycles. The number of para-hydroxylation sites is 1. The van der Waals surface area contributed by atoms with E-state index in [0.717, 1.165) is 34.9 Å². The molecule has 2 aliphatic carbocycles. The third-order valence-electron chi connectivity index (χ3n) is 7.92. The van der Waals surface area contributed by atoms with Gasteiger partial charge in [0.25, 0.3) is 0 Å². The largest absolute Gasteiger partial charge is 0.496 e. The molecule has 3 heteroatoms. The van der Waals surface area contributed by atoms with Crippen LogP contribution >= 0.6 is 0 Å². The average Bonchev–Trinajstić information content (AvgIpc) is 2.92. The summed E-state index contributed by atoms with van der Waals surface area (Å²) in [5.74, 6) is 0.340. The second-order valence-corrected chi connectivity index (χ2v) is 10.7. The van der Waals surface area contributed by atoms with Gasteiger partial charge < -0.3 is 4.74 Å². The molecule has 0 saturated heterocycles. The smallest absolute Gasteiger partial charge is 0.169 e. The highest BCUT2D eigenvalue weighted by molar-refractivity contribution is 6.01. The molecule has 0 bridgehead atoms. The summed E-state index contributed by atoms with van der Waals surface area (Å²) in [6, 6.07) is 25.1. The standard InChI is InChI=1S/C34H29FO2/c1-34(2)20-24(33(36)21-8-12-25(35)13-9-21)19-30-29-15-11-22-18-23(27-6-4-5-7-32(27)37-3)10-14-26(22)28(29)16-17-31(30)34/h4-10,12-19,24H,11,20H2,1-3H3. The fourth-order valence-electron chi connectivity index (χ4n) is 6.07.